The fourth-order valence-electron chi connectivity index (χ4n) is 2.97. The monoisotopic (exact) mass is 389 g/mol. The molecule has 1 atom stereocenters. The number of benzene rings is 2. The predicted molar refractivity (Wildman–Crippen MR) is 103 cm³/mol. The first-order valence-corrected chi connectivity index (χ1v) is 8.87. The van der Waals surface area contributed by atoms with Crippen LogP contribution in [0.5, 0.6) is 11.5 Å². The van der Waals surface area contributed by atoms with E-state index in [0.717, 1.165) is 16.8 Å². The van der Waals surface area contributed by atoms with E-state index in [-0.39, 0.29) is 17.6 Å². The number of halogens is 2. The Morgan fingerprint density at radius 3 is 2.81 bits per heavy atom. The molecule has 0 amide bonds. The van der Waals surface area contributed by atoms with E-state index in [0.29, 0.717) is 23.0 Å². The van der Waals surface area contributed by atoms with Crippen LogP contribution in [-0.4, -0.2) is 22.0 Å². The highest BCUT2D eigenvalue weighted by molar-refractivity contribution is 6.31. The lowest BCUT2D eigenvalue weighted by atomic mass is 10.1. The van der Waals surface area contributed by atoms with Gasteiger partial charge in [-0.2, -0.15) is 5.10 Å². The van der Waals surface area contributed by atoms with Gasteiger partial charge in [-0.1, -0.05) is 17.7 Å². The Hall–Kier alpha value is -2.57. The molecule has 3 rings (SSSR count). The molecule has 0 saturated carbocycles. The van der Waals surface area contributed by atoms with E-state index < -0.39 is 0 Å². The van der Waals surface area contributed by atoms with Crippen LogP contribution in [0.2, 0.25) is 5.02 Å². The van der Waals surface area contributed by atoms with Crippen LogP contribution in [0, 0.1) is 12.7 Å². The lowest BCUT2D eigenvalue weighted by Gasteiger charge is -2.16. The van der Waals surface area contributed by atoms with E-state index in [1.165, 1.54) is 25.3 Å². The number of phenols is 1. The Bertz CT molecular complexity index is 958. The number of ether oxygens (including phenoxy) is 1. The van der Waals surface area contributed by atoms with Gasteiger partial charge in [0.15, 0.2) is 11.5 Å². The minimum absolute atomic E-state index is 0.00603. The molecule has 0 aliphatic rings. The second-order valence-corrected chi connectivity index (χ2v) is 6.70. The molecule has 1 aromatic heterocycles. The summed E-state index contributed by atoms with van der Waals surface area (Å²) >= 11 is 6.21. The highest BCUT2D eigenvalue weighted by Crippen LogP contribution is 2.32. The van der Waals surface area contributed by atoms with Gasteiger partial charge in [-0.3, -0.25) is 0 Å². The second-order valence-electron chi connectivity index (χ2n) is 6.30. The van der Waals surface area contributed by atoms with Gasteiger partial charge in [-0.25, -0.2) is 9.07 Å². The molecule has 0 bridgehead atoms. The van der Waals surface area contributed by atoms with Gasteiger partial charge in [0.2, 0.25) is 0 Å². The van der Waals surface area contributed by atoms with E-state index in [2.05, 4.69) is 10.4 Å². The number of methoxy groups -OCH3 is 1. The summed E-state index contributed by atoms with van der Waals surface area (Å²) in [5, 5.41) is 18.0. The van der Waals surface area contributed by atoms with Gasteiger partial charge >= 0.3 is 0 Å². The quantitative estimate of drug-likeness (QED) is 0.650. The highest BCUT2D eigenvalue weighted by Gasteiger charge is 2.15. The maximum Gasteiger partial charge on any atom is 0.160 e. The van der Waals surface area contributed by atoms with E-state index in [9.17, 15) is 9.50 Å². The predicted octanol–water partition coefficient (Wildman–Crippen LogP) is 4.54. The molecule has 5 nitrogen and oxygen atoms in total. The molecule has 0 spiro atoms. The van der Waals surface area contributed by atoms with E-state index in [1.807, 2.05) is 19.9 Å². The van der Waals surface area contributed by atoms with Crippen molar-refractivity contribution in [3.63, 3.8) is 0 Å². The van der Waals surface area contributed by atoms with Gasteiger partial charge in [0, 0.05) is 34.9 Å². The van der Waals surface area contributed by atoms with Gasteiger partial charge in [0.05, 0.1) is 19.0 Å². The lowest BCUT2D eigenvalue weighted by molar-refractivity contribution is 0.372. The van der Waals surface area contributed by atoms with Gasteiger partial charge < -0.3 is 15.2 Å². The van der Waals surface area contributed by atoms with E-state index in [4.69, 9.17) is 16.3 Å². The molecule has 2 N–H and O–H groups in total. The average Bonchev–Trinajstić information content (AvgIpc) is 3.02. The number of nitrogens with one attached hydrogen (secondary N) is 1. The number of hydrogen-bond acceptors (Lipinski definition) is 4. The summed E-state index contributed by atoms with van der Waals surface area (Å²) in [5.74, 6) is 0.0801. The first-order chi connectivity index (χ1) is 12.9. The molecular weight excluding hydrogens is 369 g/mol. The summed E-state index contributed by atoms with van der Waals surface area (Å²) in [6.45, 7) is 4.45. The number of phenolic OH excluding ortho intramolecular Hbond substituents is 1. The van der Waals surface area contributed by atoms with Crippen molar-refractivity contribution in [3.8, 4) is 17.2 Å². The molecule has 27 heavy (non-hydrogen) atoms. The number of aromatic hydroxyl groups is 1. The highest BCUT2D eigenvalue weighted by atomic mass is 35.5. The standard InChI is InChI=1S/C20H21ClFN3O2/c1-12(23-10-14-7-20(27-3)19(26)9-18(14)21)17-11-24-25(13(17)2)16-6-4-5-15(22)8-16/h4-9,11-12,23,26H,10H2,1-3H3. The number of rotatable bonds is 6. The van der Waals surface area contributed by atoms with Gasteiger partial charge in [-0.05, 0) is 43.7 Å². The molecule has 2 aromatic carbocycles. The molecule has 3 aromatic rings. The van der Waals surface area contributed by atoms with Crippen LogP contribution >= 0.6 is 11.6 Å². The van der Waals surface area contributed by atoms with Crippen molar-refractivity contribution in [1.29, 1.82) is 0 Å². The van der Waals surface area contributed by atoms with E-state index >= 15 is 0 Å². The zero-order valence-electron chi connectivity index (χ0n) is 15.3. The van der Waals surface area contributed by atoms with Crippen LogP contribution in [-0.2, 0) is 6.54 Å². The molecule has 0 saturated heterocycles. The molecule has 142 valence electrons. The average molecular weight is 390 g/mol. The summed E-state index contributed by atoms with van der Waals surface area (Å²) in [4.78, 5) is 0. The minimum Gasteiger partial charge on any atom is -0.504 e. The number of hydrogen-bond donors (Lipinski definition) is 2. The molecule has 1 heterocycles. The van der Waals surface area contributed by atoms with Gasteiger partial charge in [0.25, 0.3) is 0 Å². The second kappa shape index (κ2) is 7.98. The van der Waals surface area contributed by atoms with Crippen molar-refractivity contribution in [2.24, 2.45) is 0 Å². The molecule has 0 aliphatic carbocycles. The Balaban J connectivity index is 1.77. The van der Waals surface area contributed by atoms with Crippen molar-refractivity contribution >= 4 is 11.6 Å². The number of nitrogens with zero attached hydrogens (tertiary/aromatic N) is 2. The van der Waals surface area contributed by atoms with Crippen LogP contribution in [0.25, 0.3) is 5.69 Å². The molecule has 0 radical (unpaired) electrons. The third-order valence-electron chi connectivity index (χ3n) is 4.51. The van der Waals surface area contributed by atoms with Crippen LogP contribution in [0.4, 0.5) is 4.39 Å². The van der Waals surface area contributed by atoms with Crippen molar-refractivity contribution in [1.82, 2.24) is 15.1 Å². The lowest BCUT2D eigenvalue weighted by Crippen LogP contribution is -2.19. The summed E-state index contributed by atoms with van der Waals surface area (Å²) in [7, 11) is 1.49. The van der Waals surface area contributed by atoms with Crippen LogP contribution in [0.15, 0.2) is 42.6 Å². The Kier molecular flexibility index (Phi) is 5.68. The first kappa shape index (κ1) is 19.2. The molecule has 1 unspecified atom stereocenters. The molecular formula is C20H21ClFN3O2. The summed E-state index contributed by atoms with van der Waals surface area (Å²) in [6, 6.07) is 9.49. The van der Waals surface area contributed by atoms with Crippen molar-refractivity contribution < 1.29 is 14.2 Å². The fraction of sp³-hybridized carbons (Fsp3) is 0.250. The van der Waals surface area contributed by atoms with Crippen molar-refractivity contribution in [3.05, 3.63) is 70.3 Å². The number of aromatic nitrogens is 2. The minimum atomic E-state index is -0.300. The zero-order valence-corrected chi connectivity index (χ0v) is 16.1. The maximum absolute atomic E-state index is 13.5. The zero-order chi connectivity index (χ0) is 19.6. The van der Waals surface area contributed by atoms with Crippen molar-refractivity contribution in [2.75, 3.05) is 7.11 Å². The fourth-order valence-corrected chi connectivity index (χ4v) is 3.20. The molecule has 0 fully saturated rings. The Morgan fingerprint density at radius 1 is 1.33 bits per heavy atom. The normalized spacial score (nSPS) is 12.2. The smallest absolute Gasteiger partial charge is 0.160 e. The topological polar surface area (TPSA) is 59.3 Å². The summed E-state index contributed by atoms with van der Waals surface area (Å²) in [5.41, 5.74) is 3.42. The van der Waals surface area contributed by atoms with Crippen LogP contribution in [0.1, 0.15) is 29.8 Å². The maximum atomic E-state index is 13.5. The Labute approximate surface area is 162 Å². The third kappa shape index (κ3) is 4.07. The third-order valence-corrected chi connectivity index (χ3v) is 4.87. The summed E-state index contributed by atoms with van der Waals surface area (Å²) < 4.78 is 20.3. The first-order valence-electron chi connectivity index (χ1n) is 8.50. The van der Waals surface area contributed by atoms with Crippen molar-refractivity contribution in [2.45, 2.75) is 26.4 Å². The van der Waals surface area contributed by atoms with Gasteiger partial charge in [-0.15, -0.1) is 0 Å². The Morgan fingerprint density at radius 2 is 2.11 bits per heavy atom. The van der Waals surface area contributed by atoms with Gasteiger partial charge in [0.1, 0.15) is 5.82 Å². The van der Waals surface area contributed by atoms with Crippen LogP contribution < -0.4 is 10.1 Å². The van der Waals surface area contributed by atoms with E-state index in [1.54, 1.807) is 23.0 Å². The van der Waals surface area contributed by atoms with Crippen LogP contribution in [0.3, 0.4) is 0 Å². The molecule has 7 heteroatoms. The summed E-state index contributed by atoms with van der Waals surface area (Å²) in [6.07, 6.45) is 1.77. The molecule has 0 aliphatic heterocycles. The SMILES string of the molecule is COc1cc(CNC(C)c2cnn(-c3cccc(F)c3)c2C)c(Cl)cc1O. The largest absolute Gasteiger partial charge is 0.504 e.